The van der Waals surface area contributed by atoms with Gasteiger partial charge < -0.3 is 15.4 Å². The van der Waals surface area contributed by atoms with Crippen LogP contribution in [0.4, 0.5) is 25.2 Å². The molecule has 0 bridgehead atoms. The topological polar surface area (TPSA) is 171 Å². The van der Waals surface area contributed by atoms with Gasteiger partial charge in [-0.15, -0.1) is 0 Å². The van der Waals surface area contributed by atoms with Crippen molar-refractivity contribution in [1.29, 1.82) is 5.26 Å². The van der Waals surface area contributed by atoms with E-state index >= 15 is 0 Å². The highest BCUT2D eigenvalue weighted by Gasteiger charge is 2.20. The summed E-state index contributed by atoms with van der Waals surface area (Å²) in [6.07, 6.45) is 2.31. The molecule has 0 aliphatic heterocycles. The van der Waals surface area contributed by atoms with Crippen LogP contribution in [-0.2, 0) is 11.3 Å². The summed E-state index contributed by atoms with van der Waals surface area (Å²) in [6.45, 7) is 3.82. The number of H-pyrrole nitrogens is 1. The van der Waals surface area contributed by atoms with Crippen LogP contribution in [0.25, 0.3) is 22.2 Å². The summed E-state index contributed by atoms with van der Waals surface area (Å²) in [6, 6.07) is 13.9. The lowest BCUT2D eigenvalue weighted by Gasteiger charge is -2.16. The first kappa shape index (κ1) is 29.5. The van der Waals surface area contributed by atoms with Crippen LogP contribution in [0.15, 0.2) is 60.9 Å². The lowest BCUT2D eigenvalue weighted by atomic mass is 10.0. The van der Waals surface area contributed by atoms with Gasteiger partial charge in [-0.05, 0) is 48.7 Å². The second-order valence-electron chi connectivity index (χ2n) is 9.52. The summed E-state index contributed by atoms with van der Waals surface area (Å²) in [4.78, 5) is 37.6. The number of halogens is 2. The van der Waals surface area contributed by atoms with E-state index in [0.717, 1.165) is 28.8 Å². The summed E-state index contributed by atoms with van der Waals surface area (Å²) in [5.41, 5.74) is 3.10. The Bertz CT molecular complexity index is 1890. The highest BCUT2D eigenvalue weighted by molar-refractivity contribution is 5.98. The van der Waals surface area contributed by atoms with Crippen molar-refractivity contribution in [3.05, 3.63) is 95.1 Å². The molecule has 0 saturated heterocycles. The summed E-state index contributed by atoms with van der Waals surface area (Å²) in [5.74, 6) is -2.16. The lowest BCUT2D eigenvalue weighted by Crippen LogP contribution is -2.29. The number of ether oxygens (including phenoxy) is 1. The number of amides is 2. The number of aromatic amines is 1. The van der Waals surface area contributed by atoms with Crippen LogP contribution in [0, 0.1) is 23.0 Å². The number of carbonyl (C=O) groups excluding carboxylic acids is 2. The molecular formula is C30H25F2N9O3. The summed E-state index contributed by atoms with van der Waals surface area (Å²) in [5, 5.41) is 25.1. The first-order valence-electron chi connectivity index (χ1n) is 13.4. The second kappa shape index (κ2) is 12.9. The van der Waals surface area contributed by atoms with Crippen LogP contribution in [0.2, 0.25) is 0 Å². The molecule has 12 nitrogen and oxygen atoms in total. The van der Waals surface area contributed by atoms with Crippen LogP contribution in [0.3, 0.4) is 0 Å². The third kappa shape index (κ3) is 6.57. The molecule has 222 valence electrons. The number of benzene rings is 2. The Morgan fingerprint density at radius 1 is 1.05 bits per heavy atom. The van der Waals surface area contributed by atoms with E-state index in [-0.39, 0.29) is 30.4 Å². The molecular weight excluding hydrogens is 572 g/mol. The van der Waals surface area contributed by atoms with Gasteiger partial charge in [0.05, 0.1) is 24.2 Å². The summed E-state index contributed by atoms with van der Waals surface area (Å²) >= 11 is 0. The van der Waals surface area contributed by atoms with E-state index < -0.39 is 29.7 Å². The largest absolute Gasteiger partial charge is 0.450 e. The fourth-order valence-electron chi connectivity index (χ4n) is 4.28. The predicted octanol–water partition coefficient (Wildman–Crippen LogP) is 5.24. The Hall–Kier alpha value is -5.97. The monoisotopic (exact) mass is 597 g/mol. The quantitative estimate of drug-likeness (QED) is 0.177. The minimum Gasteiger partial charge on any atom is -0.450 e. The van der Waals surface area contributed by atoms with Gasteiger partial charge in [-0.3, -0.25) is 15.2 Å². The van der Waals surface area contributed by atoms with Gasteiger partial charge in [0, 0.05) is 18.3 Å². The Morgan fingerprint density at radius 2 is 1.84 bits per heavy atom. The zero-order valence-electron chi connectivity index (χ0n) is 23.5. The Labute approximate surface area is 249 Å². The molecule has 3 aromatic heterocycles. The van der Waals surface area contributed by atoms with Crippen LogP contribution >= 0.6 is 0 Å². The molecule has 44 heavy (non-hydrogen) atoms. The highest BCUT2D eigenvalue weighted by atomic mass is 19.2. The third-order valence-electron chi connectivity index (χ3n) is 6.55. The van der Waals surface area contributed by atoms with E-state index in [9.17, 15) is 23.6 Å². The van der Waals surface area contributed by atoms with Gasteiger partial charge in [-0.25, -0.2) is 28.5 Å². The van der Waals surface area contributed by atoms with Gasteiger partial charge in [-0.1, -0.05) is 30.3 Å². The molecule has 5 aromatic rings. The molecule has 14 heteroatoms. The smallest absolute Gasteiger partial charge is 0.412 e. The lowest BCUT2D eigenvalue weighted by molar-refractivity contribution is 0.0935. The summed E-state index contributed by atoms with van der Waals surface area (Å²) in [7, 11) is 0. The number of anilines is 2. The SMILES string of the molecule is CCOC(=O)Nc1[nH]nc2ncc(-c3ccc(CNc4ncc(C#N)nc4C(=O)NC(C)c4ccc(F)c(F)c4)cc3)cc12. The van der Waals surface area contributed by atoms with Gasteiger partial charge in [-0.2, -0.15) is 10.4 Å². The molecule has 0 aliphatic rings. The molecule has 1 atom stereocenters. The fourth-order valence-corrected chi connectivity index (χ4v) is 4.28. The van der Waals surface area contributed by atoms with E-state index in [4.69, 9.17) is 4.74 Å². The van der Waals surface area contributed by atoms with Gasteiger partial charge in [0.15, 0.2) is 34.5 Å². The molecule has 4 N–H and O–H groups in total. The molecule has 2 amide bonds. The van der Waals surface area contributed by atoms with Crippen molar-refractivity contribution in [3.8, 4) is 17.2 Å². The van der Waals surface area contributed by atoms with Crippen LogP contribution < -0.4 is 16.0 Å². The second-order valence-corrected chi connectivity index (χ2v) is 9.52. The molecule has 1 unspecified atom stereocenters. The van der Waals surface area contributed by atoms with Gasteiger partial charge in [0.25, 0.3) is 5.91 Å². The Balaban J connectivity index is 1.29. The van der Waals surface area contributed by atoms with E-state index in [1.807, 2.05) is 36.4 Å². The van der Waals surface area contributed by atoms with E-state index in [1.165, 1.54) is 12.3 Å². The molecule has 0 aliphatic carbocycles. The first-order chi connectivity index (χ1) is 21.2. The Morgan fingerprint density at radius 3 is 2.57 bits per heavy atom. The maximum absolute atomic E-state index is 13.7. The summed E-state index contributed by atoms with van der Waals surface area (Å²) < 4.78 is 32.0. The van der Waals surface area contributed by atoms with E-state index in [0.29, 0.717) is 22.4 Å². The number of aromatic nitrogens is 5. The van der Waals surface area contributed by atoms with Crippen molar-refractivity contribution in [2.45, 2.75) is 26.4 Å². The maximum Gasteiger partial charge on any atom is 0.412 e. The van der Waals surface area contributed by atoms with Crippen molar-refractivity contribution in [2.75, 3.05) is 17.2 Å². The number of nitrogens with zero attached hydrogens (tertiary/aromatic N) is 5. The molecule has 5 rings (SSSR count). The maximum atomic E-state index is 13.7. The zero-order valence-corrected chi connectivity index (χ0v) is 23.5. The van der Waals surface area contributed by atoms with Crippen molar-refractivity contribution in [2.24, 2.45) is 0 Å². The normalized spacial score (nSPS) is 11.4. The molecule has 3 heterocycles. The van der Waals surface area contributed by atoms with Gasteiger partial charge in [0.1, 0.15) is 11.9 Å². The van der Waals surface area contributed by atoms with Crippen molar-refractivity contribution in [3.63, 3.8) is 0 Å². The average Bonchev–Trinajstić information content (AvgIpc) is 3.43. The van der Waals surface area contributed by atoms with Crippen molar-refractivity contribution in [1.82, 2.24) is 30.5 Å². The molecule has 0 spiro atoms. The minimum atomic E-state index is -1.03. The van der Waals surface area contributed by atoms with Gasteiger partial charge in [0.2, 0.25) is 0 Å². The molecule has 0 saturated carbocycles. The highest BCUT2D eigenvalue weighted by Crippen LogP contribution is 2.27. The number of fused-ring (bicyclic) bond motifs is 1. The Kier molecular flexibility index (Phi) is 8.66. The molecule has 0 radical (unpaired) electrons. The van der Waals surface area contributed by atoms with Crippen LogP contribution in [0.5, 0.6) is 0 Å². The van der Waals surface area contributed by atoms with Crippen LogP contribution in [-0.4, -0.2) is 43.8 Å². The number of pyridine rings is 1. The van der Waals surface area contributed by atoms with E-state index in [1.54, 1.807) is 20.0 Å². The van der Waals surface area contributed by atoms with Crippen LogP contribution in [0.1, 0.15) is 47.2 Å². The standard InChI is InChI=1S/C30H25F2N9O3/c1-3-44-30(43)39-27-22-10-20(14-35-26(22)40-41-27)18-6-4-17(5-7-18)13-34-28-25(38-21(12-33)15-36-28)29(42)37-16(2)19-8-9-23(31)24(32)11-19/h4-11,14-16H,3,13H2,1-2H3,(H,34,36)(H,37,42)(H2,35,39,40,41,43). The minimum absolute atomic E-state index is 0.0608. The third-order valence-corrected chi connectivity index (χ3v) is 6.55. The number of carbonyl (C=O) groups is 2. The number of nitriles is 1. The number of nitrogens with one attached hydrogen (secondary N) is 4. The van der Waals surface area contributed by atoms with E-state index in [2.05, 4.69) is 41.1 Å². The fraction of sp³-hybridized carbons (Fsp3) is 0.167. The average molecular weight is 598 g/mol. The predicted molar refractivity (Wildman–Crippen MR) is 156 cm³/mol. The zero-order chi connectivity index (χ0) is 31.2. The van der Waals surface area contributed by atoms with Crippen molar-refractivity contribution < 1.29 is 23.1 Å². The van der Waals surface area contributed by atoms with Crippen molar-refractivity contribution >= 4 is 34.7 Å². The molecule has 0 fully saturated rings. The molecule has 2 aromatic carbocycles. The number of hydrogen-bond donors (Lipinski definition) is 4. The first-order valence-corrected chi connectivity index (χ1v) is 13.4. The number of hydrogen-bond acceptors (Lipinski definition) is 9. The number of rotatable bonds is 9. The van der Waals surface area contributed by atoms with Gasteiger partial charge >= 0.3 is 6.09 Å².